The van der Waals surface area contributed by atoms with Gasteiger partial charge in [0.25, 0.3) is 5.91 Å². The number of carbonyl (C=O) groups excluding carboxylic acids is 2. The smallest absolute Gasteiger partial charge is 0.338 e. The molecule has 128 valence electrons. The molecule has 0 radical (unpaired) electrons. The SMILES string of the molecule is O=C(OCC(=O)N1CC=C(c2ccccc2)CC1)c1cccc(Br)c1. The van der Waals surface area contributed by atoms with Gasteiger partial charge >= 0.3 is 5.97 Å². The molecule has 0 unspecified atom stereocenters. The van der Waals surface area contributed by atoms with Crippen molar-refractivity contribution in [1.29, 1.82) is 0 Å². The summed E-state index contributed by atoms with van der Waals surface area (Å²) in [7, 11) is 0. The molecule has 2 aromatic carbocycles. The molecule has 1 aliphatic heterocycles. The fraction of sp³-hybridized carbons (Fsp3) is 0.200. The average Bonchev–Trinajstić information content (AvgIpc) is 2.66. The number of benzene rings is 2. The summed E-state index contributed by atoms with van der Waals surface area (Å²) in [5.41, 5.74) is 2.86. The Balaban J connectivity index is 1.53. The molecule has 1 heterocycles. The number of carbonyl (C=O) groups is 2. The first-order valence-corrected chi connectivity index (χ1v) is 8.88. The van der Waals surface area contributed by atoms with Gasteiger partial charge < -0.3 is 9.64 Å². The van der Waals surface area contributed by atoms with E-state index < -0.39 is 5.97 Å². The highest BCUT2D eigenvalue weighted by Gasteiger charge is 2.19. The number of esters is 1. The van der Waals surface area contributed by atoms with Crippen molar-refractivity contribution in [2.75, 3.05) is 19.7 Å². The topological polar surface area (TPSA) is 46.6 Å². The fourth-order valence-electron chi connectivity index (χ4n) is 2.73. The molecule has 0 saturated heterocycles. The van der Waals surface area contributed by atoms with E-state index in [1.807, 2.05) is 24.3 Å². The summed E-state index contributed by atoms with van der Waals surface area (Å²) in [6, 6.07) is 17.1. The Kier molecular flexibility index (Phi) is 5.66. The van der Waals surface area contributed by atoms with Gasteiger partial charge in [0.15, 0.2) is 6.61 Å². The van der Waals surface area contributed by atoms with Crippen LogP contribution < -0.4 is 0 Å². The van der Waals surface area contributed by atoms with E-state index in [0.29, 0.717) is 18.7 Å². The van der Waals surface area contributed by atoms with E-state index in [2.05, 4.69) is 34.1 Å². The van der Waals surface area contributed by atoms with Gasteiger partial charge in [-0.2, -0.15) is 0 Å². The molecule has 0 bridgehead atoms. The van der Waals surface area contributed by atoms with Crippen LogP contribution in [0.3, 0.4) is 0 Å². The molecule has 4 nitrogen and oxygen atoms in total. The third-order valence-corrected chi connectivity index (χ3v) is 4.59. The second-order valence-electron chi connectivity index (χ2n) is 5.77. The normalized spacial score (nSPS) is 14.0. The van der Waals surface area contributed by atoms with E-state index in [9.17, 15) is 9.59 Å². The molecule has 2 aromatic rings. The highest BCUT2D eigenvalue weighted by molar-refractivity contribution is 9.10. The van der Waals surface area contributed by atoms with Gasteiger partial charge in [0, 0.05) is 17.6 Å². The van der Waals surface area contributed by atoms with Crippen LogP contribution >= 0.6 is 15.9 Å². The molecule has 0 aliphatic carbocycles. The lowest BCUT2D eigenvalue weighted by Crippen LogP contribution is -2.37. The number of nitrogens with zero attached hydrogens (tertiary/aromatic N) is 1. The predicted octanol–water partition coefficient (Wildman–Crippen LogP) is 3.92. The van der Waals surface area contributed by atoms with E-state index in [4.69, 9.17) is 4.74 Å². The van der Waals surface area contributed by atoms with Crippen molar-refractivity contribution >= 4 is 33.4 Å². The lowest BCUT2D eigenvalue weighted by atomic mass is 10.00. The van der Waals surface area contributed by atoms with Crippen LogP contribution in [0.5, 0.6) is 0 Å². The zero-order chi connectivity index (χ0) is 17.6. The molecule has 0 N–H and O–H groups in total. The van der Waals surface area contributed by atoms with Crippen molar-refractivity contribution in [3.8, 4) is 0 Å². The third kappa shape index (κ3) is 4.57. The summed E-state index contributed by atoms with van der Waals surface area (Å²) < 4.78 is 5.93. The number of halogens is 1. The van der Waals surface area contributed by atoms with Crippen molar-refractivity contribution in [3.05, 3.63) is 76.3 Å². The lowest BCUT2D eigenvalue weighted by molar-refractivity contribution is -0.134. The quantitative estimate of drug-likeness (QED) is 0.731. The molecule has 0 aromatic heterocycles. The van der Waals surface area contributed by atoms with Crippen LogP contribution in [0.15, 0.2) is 65.1 Å². The molecule has 0 spiro atoms. The minimum Gasteiger partial charge on any atom is -0.452 e. The number of amides is 1. The maximum atomic E-state index is 12.3. The largest absolute Gasteiger partial charge is 0.452 e. The van der Waals surface area contributed by atoms with E-state index in [0.717, 1.165) is 10.9 Å². The van der Waals surface area contributed by atoms with Crippen LogP contribution in [0.2, 0.25) is 0 Å². The Bertz CT molecular complexity index is 802. The van der Waals surface area contributed by atoms with Crippen LogP contribution in [0.4, 0.5) is 0 Å². The van der Waals surface area contributed by atoms with Gasteiger partial charge in [0.2, 0.25) is 0 Å². The summed E-state index contributed by atoms with van der Waals surface area (Å²) in [4.78, 5) is 26.0. The molecule has 0 fully saturated rings. The van der Waals surface area contributed by atoms with E-state index >= 15 is 0 Å². The van der Waals surface area contributed by atoms with Gasteiger partial charge in [-0.1, -0.05) is 58.4 Å². The van der Waals surface area contributed by atoms with Crippen molar-refractivity contribution < 1.29 is 14.3 Å². The number of rotatable bonds is 4. The lowest BCUT2D eigenvalue weighted by Gasteiger charge is -2.26. The first kappa shape index (κ1) is 17.4. The maximum Gasteiger partial charge on any atom is 0.338 e. The second kappa shape index (κ2) is 8.12. The van der Waals surface area contributed by atoms with E-state index in [-0.39, 0.29) is 12.5 Å². The van der Waals surface area contributed by atoms with E-state index in [1.54, 1.807) is 23.1 Å². The molecular formula is C20H18BrNO3. The summed E-state index contributed by atoms with van der Waals surface area (Å²) in [5.74, 6) is -0.668. The van der Waals surface area contributed by atoms with Crippen LogP contribution in [0, 0.1) is 0 Å². The molecular weight excluding hydrogens is 382 g/mol. The zero-order valence-electron chi connectivity index (χ0n) is 13.7. The second-order valence-corrected chi connectivity index (χ2v) is 6.69. The Morgan fingerprint density at radius 3 is 2.56 bits per heavy atom. The monoisotopic (exact) mass is 399 g/mol. The van der Waals surface area contributed by atoms with Crippen LogP contribution in [-0.2, 0) is 9.53 Å². The van der Waals surface area contributed by atoms with Gasteiger partial charge in [-0.15, -0.1) is 0 Å². The summed E-state index contributed by atoms with van der Waals surface area (Å²) >= 11 is 3.31. The highest BCUT2D eigenvalue weighted by Crippen LogP contribution is 2.22. The van der Waals surface area contributed by atoms with Crippen LogP contribution in [-0.4, -0.2) is 36.5 Å². The standard InChI is InChI=1S/C20H18BrNO3/c21-18-8-4-7-17(13-18)20(24)25-14-19(23)22-11-9-16(10-12-22)15-5-2-1-3-6-15/h1-9,13H,10-12,14H2. The van der Waals surface area contributed by atoms with Crippen LogP contribution in [0.1, 0.15) is 22.3 Å². The van der Waals surface area contributed by atoms with Gasteiger partial charge in [0.05, 0.1) is 5.56 Å². The Labute approximate surface area is 155 Å². The summed E-state index contributed by atoms with van der Waals surface area (Å²) in [6.07, 6.45) is 2.86. The maximum absolute atomic E-state index is 12.3. The van der Waals surface area contributed by atoms with Crippen LogP contribution in [0.25, 0.3) is 5.57 Å². The first-order chi connectivity index (χ1) is 12.1. The fourth-order valence-corrected chi connectivity index (χ4v) is 3.13. The molecule has 0 atom stereocenters. The number of hydrogen-bond acceptors (Lipinski definition) is 3. The molecule has 1 aliphatic rings. The van der Waals surface area contributed by atoms with Gasteiger partial charge in [-0.3, -0.25) is 4.79 Å². The molecule has 5 heteroatoms. The predicted molar refractivity (Wildman–Crippen MR) is 100 cm³/mol. The first-order valence-electron chi connectivity index (χ1n) is 8.08. The minimum atomic E-state index is -0.493. The highest BCUT2D eigenvalue weighted by atomic mass is 79.9. The summed E-state index contributed by atoms with van der Waals surface area (Å²) in [5, 5.41) is 0. The molecule has 3 rings (SSSR count). The van der Waals surface area contributed by atoms with E-state index in [1.165, 1.54) is 11.1 Å². The number of ether oxygens (including phenoxy) is 1. The Morgan fingerprint density at radius 1 is 1.08 bits per heavy atom. The van der Waals surface area contributed by atoms with Gasteiger partial charge in [-0.05, 0) is 35.8 Å². The van der Waals surface area contributed by atoms with Crippen molar-refractivity contribution in [1.82, 2.24) is 4.90 Å². The van der Waals surface area contributed by atoms with Crippen molar-refractivity contribution in [3.63, 3.8) is 0 Å². The summed E-state index contributed by atoms with van der Waals surface area (Å²) in [6.45, 7) is 0.936. The van der Waals surface area contributed by atoms with Crippen molar-refractivity contribution in [2.24, 2.45) is 0 Å². The minimum absolute atomic E-state index is 0.174. The molecule has 1 amide bonds. The molecule has 25 heavy (non-hydrogen) atoms. The Morgan fingerprint density at radius 2 is 1.88 bits per heavy atom. The number of hydrogen-bond donors (Lipinski definition) is 0. The van der Waals surface area contributed by atoms with Gasteiger partial charge in [-0.25, -0.2) is 4.79 Å². The zero-order valence-corrected chi connectivity index (χ0v) is 15.2. The Hall–Kier alpha value is -2.40. The average molecular weight is 400 g/mol. The molecule has 0 saturated carbocycles. The van der Waals surface area contributed by atoms with Crippen molar-refractivity contribution in [2.45, 2.75) is 6.42 Å². The van der Waals surface area contributed by atoms with Gasteiger partial charge in [0.1, 0.15) is 0 Å². The third-order valence-electron chi connectivity index (χ3n) is 4.09.